The minimum atomic E-state index is -1.12. The van der Waals surface area contributed by atoms with Gasteiger partial charge in [0.2, 0.25) is 0 Å². The lowest BCUT2D eigenvalue weighted by molar-refractivity contribution is -0.120. The first-order chi connectivity index (χ1) is 14.3. The molecule has 0 aliphatic carbocycles. The van der Waals surface area contributed by atoms with E-state index in [1.165, 1.54) is 31.2 Å². The lowest BCUT2D eigenvalue weighted by Crippen LogP contribution is -2.19. The van der Waals surface area contributed by atoms with Crippen LogP contribution >= 0.6 is 0 Å². The lowest BCUT2D eigenvalue weighted by atomic mass is 9.86. The van der Waals surface area contributed by atoms with Crippen molar-refractivity contribution in [3.05, 3.63) is 106 Å². The maximum absolute atomic E-state index is 13.2. The van der Waals surface area contributed by atoms with Gasteiger partial charge in [-0.3, -0.25) is 9.59 Å². The van der Waals surface area contributed by atoms with Gasteiger partial charge >= 0.3 is 5.97 Å². The molecule has 4 nitrogen and oxygen atoms in total. The van der Waals surface area contributed by atoms with E-state index < -0.39 is 11.9 Å². The number of carbonyl (C=O) groups excluding carboxylic acids is 2. The fourth-order valence-corrected chi connectivity index (χ4v) is 3.40. The van der Waals surface area contributed by atoms with Gasteiger partial charge in [0, 0.05) is 17.0 Å². The number of carboxylic acids is 1. The summed E-state index contributed by atoms with van der Waals surface area (Å²) in [6.07, 6.45) is 0.524. The highest BCUT2D eigenvalue weighted by Crippen LogP contribution is 2.22. The van der Waals surface area contributed by atoms with Crippen LogP contribution in [0.1, 0.15) is 44.3 Å². The molecule has 5 heteroatoms. The average molecular weight is 404 g/mol. The van der Waals surface area contributed by atoms with E-state index in [1.807, 2.05) is 6.07 Å². The predicted octanol–water partition coefficient (Wildman–Crippen LogP) is 4.75. The van der Waals surface area contributed by atoms with E-state index in [2.05, 4.69) is 0 Å². The van der Waals surface area contributed by atoms with Crippen molar-refractivity contribution in [1.29, 1.82) is 0 Å². The molecule has 1 N–H and O–H groups in total. The van der Waals surface area contributed by atoms with Gasteiger partial charge in [-0.1, -0.05) is 48.5 Å². The van der Waals surface area contributed by atoms with Crippen molar-refractivity contribution in [1.82, 2.24) is 0 Å². The minimum Gasteiger partial charge on any atom is -0.478 e. The molecule has 0 saturated heterocycles. The molecule has 0 aliphatic rings. The standard InChI is InChI=1S/C25H21FO4/c1-16(27)20(13-17-7-10-22(26)11-8-17)15-21-14-19(9-12-23(21)25(29)30)24(28)18-5-3-2-4-6-18/h2-12,14,20H,13,15H2,1H3,(H,29,30). The molecular weight excluding hydrogens is 383 g/mol. The van der Waals surface area contributed by atoms with Crippen LogP contribution in [-0.2, 0) is 17.6 Å². The Labute approximate surface area is 174 Å². The number of benzene rings is 3. The molecule has 152 valence electrons. The summed E-state index contributed by atoms with van der Waals surface area (Å²) in [5.41, 5.74) is 2.13. The van der Waals surface area contributed by atoms with E-state index in [0.29, 0.717) is 23.1 Å². The van der Waals surface area contributed by atoms with Gasteiger partial charge in [0.05, 0.1) is 5.56 Å². The van der Waals surface area contributed by atoms with Crippen LogP contribution in [0.15, 0.2) is 72.8 Å². The van der Waals surface area contributed by atoms with E-state index >= 15 is 0 Å². The van der Waals surface area contributed by atoms with E-state index in [4.69, 9.17) is 0 Å². The van der Waals surface area contributed by atoms with Crippen LogP contribution in [0.5, 0.6) is 0 Å². The first-order valence-corrected chi connectivity index (χ1v) is 9.56. The quantitative estimate of drug-likeness (QED) is 0.550. The van der Waals surface area contributed by atoms with Gasteiger partial charge < -0.3 is 5.11 Å². The van der Waals surface area contributed by atoms with Crippen LogP contribution in [0.2, 0.25) is 0 Å². The summed E-state index contributed by atoms with van der Waals surface area (Å²) in [4.78, 5) is 36.7. The Morgan fingerprint density at radius 3 is 2.13 bits per heavy atom. The van der Waals surface area contributed by atoms with Gasteiger partial charge in [-0.25, -0.2) is 9.18 Å². The van der Waals surface area contributed by atoms with E-state index in [0.717, 1.165) is 5.56 Å². The smallest absolute Gasteiger partial charge is 0.335 e. The first-order valence-electron chi connectivity index (χ1n) is 9.56. The zero-order valence-corrected chi connectivity index (χ0v) is 16.5. The number of halogens is 1. The second-order valence-corrected chi connectivity index (χ2v) is 7.21. The number of carbonyl (C=O) groups is 3. The fraction of sp³-hybridized carbons (Fsp3) is 0.160. The highest BCUT2D eigenvalue weighted by Gasteiger charge is 2.21. The molecular formula is C25H21FO4. The second-order valence-electron chi connectivity index (χ2n) is 7.21. The van der Waals surface area contributed by atoms with Gasteiger partial charge in [-0.05, 0) is 55.2 Å². The van der Waals surface area contributed by atoms with Crippen molar-refractivity contribution >= 4 is 17.5 Å². The van der Waals surface area contributed by atoms with Gasteiger partial charge in [-0.15, -0.1) is 0 Å². The summed E-state index contributed by atoms with van der Waals surface area (Å²) in [5.74, 6) is -2.29. The third kappa shape index (κ3) is 5.06. The van der Waals surface area contributed by atoms with E-state index in [-0.39, 0.29) is 29.4 Å². The highest BCUT2D eigenvalue weighted by molar-refractivity contribution is 6.09. The molecule has 0 aromatic heterocycles. The number of Topliss-reactive ketones (excluding diaryl/α,β-unsaturated/α-hetero) is 1. The highest BCUT2D eigenvalue weighted by atomic mass is 19.1. The Kier molecular flexibility index (Phi) is 6.52. The molecule has 1 atom stereocenters. The van der Waals surface area contributed by atoms with E-state index in [9.17, 15) is 23.9 Å². The first kappa shape index (κ1) is 21.1. The van der Waals surface area contributed by atoms with Crippen LogP contribution in [0.25, 0.3) is 0 Å². The number of hydrogen-bond donors (Lipinski definition) is 1. The van der Waals surface area contributed by atoms with Crippen LogP contribution in [0.4, 0.5) is 4.39 Å². The molecule has 3 rings (SSSR count). The van der Waals surface area contributed by atoms with Crippen molar-refractivity contribution in [3.8, 4) is 0 Å². The van der Waals surface area contributed by atoms with Crippen molar-refractivity contribution in [2.75, 3.05) is 0 Å². The number of ketones is 2. The molecule has 0 heterocycles. The van der Waals surface area contributed by atoms with Crippen molar-refractivity contribution in [2.24, 2.45) is 5.92 Å². The molecule has 0 fully saturated rings. The summed E-state index contributed by atoms with van der Waals surface area (Å²) < 4.78 is 13.2. The van der Waals surface area contributed by atoms with Gasteiger partial charge in [-0.2, -0.15) is 0 Å². The molecule has 1 unspecified atom stereocenters. The maximum Gasteiger partial charge on any atom is 0.335 e. The van der Waals surface area contributed by atoms with Crippen molar-refractivity contribution in [3.63, 3.8) is 0 Å². The SMILES string of the molecule is CC(=O)C(Cc1ccc(F)cc1)Cc1cc(C(=O)c2ccccc2)ccc1C(=O)O. The summed E-state index contributed by atoms with van der Waals surface area (Å²) >= 11 is 0. The third-order valence-electron chi connectivity index (χ3n) is 5.07. The number of carboxylic acid groups (broad SMARTS) is 1. The minimum absolute atomic E-state index is 0.0602. The number of hydrogen-bond acceptors (Lipinski definition) is 3. The normalized spacial score (nSPS) is 11.7. The van der Waals surface area contributed by atoms with Crippen LogP contribution < -0.4 is 0 Å². The monoisotopic (exact) mass is 404 g/mol. The predicted molar refractivity (Wildman–Crippen MR) is 111 cm³/mol. The molecule has 0 amide bonds. The molecule has 30 heavy (non-hydrogen) atoms. The van der Waals surface area contributed by atoms with Gasteiger partial charge in [0.1, 0.15) is 11.6 Å². The van der Waals surface area contributed by atoms with Crippen LogP contribution in [-0.4, -0.2) is 22.6 Å². The third-order valence-corrected chi connectivity index (χ3v) is 5.07. The summed E-state index contributed by atoms with van der Waals surface area (Å²) in [6.45, 7) is 1.45. The van der Waals surface area contributed by atoms with Crippen molar-refractivity contribution < 1.29 is 23.9 Å². The number of rotatable bonds is 8. The molecule has 0 bridgehead atoms. The molecule has 3 aromatic carbocycles. The largest absolute Gasteiger partial charge is 0.478 e. The molecule has 0 spiro atoms. The molecule has 0 saturated carbocycles. The lowest BCUT2D eigenvalue weighted by Gasteiger charge is -2.16. The Balaban J connectivity index is 1.93. The Morgan fingerprint density at radius 2 is 1.53 bits per heavy atom. The number of aromatic carboxylic acids is 1. The summed E-state index contributed by atoms with van der Waals surface area (Å²) in [6, 6.07) is 19.0. The van der Waals surface area contributed by atoms with E-state index in [1.54, 1.807) is 42.5 Å². The van der Waals surface area contributed by atoms with Crippen LogP contribution in [0, 0.1) is 11.7 Å². The fourth-order valence-electron chi connectivity index (χ4n) is 3.40. The molecule has 0 radical (unpaired) electrons. The Hall–Kier alpha value is -3.60. The maximum atomic E-state index is 13.2. The zero-order valence-electron chi connectivity index (χ0n) is 16.5. The average Bonchev–Trinajstić information content (AvgIpc) is 2.74. The summed E-state index contributed by atoms with van der Waals surface area (Å²) in [5, 5.41) is 9.57. The molecule has 0 aliphatic heterocycles. The Bertz CT molecular complexity index is 1070. The van der Waals surface area contributed by atoms with Crippen molar-refractivity contribution in [2.45, 2.75) is 19.8 Å². The van der Waals surface area contributed by atoms with Gasteiger partial charge in [0.15, 0.2) is 5.78 Å². The Morgan fingerprint density at radius 1 is 0.867 bits per heavy atom. The van der Waals surface area contributed by atoms with Crippen LogP contribution in [0.3, 0.4) is 0 Å². The summed E-state index contributed by atoms with van der Waals surface area (Å²) in [7, 11) is 0. The second kappa shape index (κ2) is 9.27. The molecule has 3 aromatic rings. The van der Waals surface area contributed by atoms with Gasteiger partial charge in [0.25, 0.3) is 0 Å². The zero-order chi connectivity index (χ0) is 21.7. The topological polar surface area (TPSA) is 71.4 Å².